The normalized spacial score (nSPS) is 12.6. The maximum absolute atomic E-state index is 4.50. The van der Waals surface area contributed by atoms with Gasteiger partial charge in [-0.15, -0.1) is 11.8 Å². The van der Waals surface area contributed by atoms with Crippen LogP contribution in [0, 0.1) is 6.04 Å². The molecule has 1 aliphatic heterocycles. The number of aliphatic imine (C=N–C) groups is 1. The molecule has 0 aromatic rings. The molecule has 0 amide bonds. The van der Waals surface area contributed by atoms with Gasteiger partial charge in [-0.2, -0.15) is 0 Å². The van der Waals surface area contributed by atoms with Crippen molar-refractivity contribution in [2.24, 2.45) is 22.2 Å². The number of thioether (sulfide) groups is 1. The van der Waals surface area contributed by atoms with E-state index in [0.29, 0.717) is 0 Å². The van der Waals surface area contributed by atoms with Gasteiger partial charge in [0.25, 0.3) is 0 Å². The second kappa shape index (κ2) is 25.7. The molecule has 0 spiro atoms. The summed E-state index contributed by atoms with van der Waals surface area (Å²) < 4.78 is 0. The van der Waals surface area contributed by atoms with Gasteiger partial charge in [-0.1, -0.05) is 39.0 Å². The highest BCUT2D eigenvalue weighted by atomic mass is 32.2. The van der Waals surface area contributed by atoms with Crippen molar-refractivity contribution in [3.05, 3.63) is 6.04 Å². The van der Waals surface area contributed by atoms with Gasteiger partial charge in [0, 0.05) is 5.75 Å². The first kappa shape index (κ1) is 23.0. The Balaban J connectivity index is -0.000000328. The molecule has 1 rings (SSSR count). The van der Waals surface area contributed by atoms with Crippen molar-refractivity contribution in [1.29, 1.82) is 0 Å². The highest BCUT2D eigenvalue weighted by molar-refractivity contribution is 8.12. The summed E-state index contributed by atoms with van der Waals surface area (Å²) in [6.45, 7) is 2.26. The predicted molar refractivity (Wildman–Crippen MR) is 87.9 cm³/mol. The van der Waals surface area contributed by atoms with Gasteiger partial charge >= 0.3 is 0 Å². The van der Waals surface area contributed by atoms with E-state index in [4.69, 9.17) is 0 Å². The first-order chi connectivity index (χ1) is 8.93. The van der Waals surface area contributed by atoms with E-state index in [1.807, 2.05) is 17.3 Å². The lowest BCUT2D eigenvalue weighted by Crippen LogP contribution is -1.92. The minimum Gasteiger partial charge on any atom is -0.333 e. The Bertz CT molecular complexity index is 143. The van der Waals surface area contributed by atoms with Crippen molar-refractivity contribution >= 4 is 17.3 Å². The van der Waals surface area contributed by atoms with E-state index in [9.17, 15) is 0 Å². The van der Waals surface area contributed by atoms with Gasteiger partial charge in [-0.25, -0.2) is 0 Å². The molecule has 0 aromatic carbocycles. The van der Waals surface area contributed by atoms with Crippen molar-refractivity contribution in [1.82, 2.24) is 0 Å². The van der Waals surface area contributed by atoms with Gasteiger partial charge in [0.1, 0.15) is 0 Å². The van der Waals surface area contributed by atoms with E-state index < -0.39 is 0 Å². The van der Waals surface area contributed by atoms with Crippen LogP contribution in [0.4, 0.5) is 0 Å². The Morgan fingerprint density at radius 1 is 1.00 bits per heavy atom. The van der Waals surface area contributed by atoms with Crippen LogP contribution in [0.5, 0.6) is 0 Å². The molecular formula is C13H33N4S. The van der Waals surface area contributed by atoms with Gasteiger partial charge in [0.2, 0.25) is 0 Å². The summed E-state index contributed by atoms with van der Waals surface area (Å²) >= 11 is 1.82. The summed E-state index contributed by atoms with van der Waals surface area (Å²) in [6, 6.07) is 1.40. The van der Waals surface area contributed by atoms with E-state index in [-0.39, 0.29) is 0 Å². The van der Waals surface area contributed by atoms with Crippen LogP contribution in [-0.4, -0.2) is 32.4 Å². The third-order valence-electron chi connectivity index (χ3n) is 2.13. The number of nitrogens with two attached hydrogens (primary N) is 3. The molecule has 0 unspecified atom stereocenters. The van der Waals surface area contributed by atoms with Crippen LogP contribution < -0.4 is 17.2 Å². The first-order valence-corrected chi connectivity index (χ1v) is 7.70. The van der Waals surface area contributed by atoms with Crippen molar-refractivity contribution in [3.63, 3.8) is 0 Å². The quantitative estimate of drug-likeness (QED) is 0.650. The molecule has 0 saturated heterocycles. The van der Waals surface area contributed by atoms with Crippen molar-refractivity contribution in [2.45, 2.75) is 45.4 Å². The topological polar surface area (TPSA) is 90.4 Å². The minimum absolute atomic E-state index is 1.15. The fourth-order valence-corrected chi connectivity index (χ4v) is 2.06. The lowest BCUT2D eigenvalue weighted by Gasteiger charge is -2.03. The standard InChI is InChI=1S/C10H18NS.3CH5N/c1-2-3-4-5-6-7-10-8-12-9-11-10;3*1-2/h9H,2-8H2,1H3;3*2H2,1H3. The van der Waals surface area contributed by atoms with E-state index >= 15 is 0 Å². The second-order valence-electron chi connectivity index (χ2n) is 3.28. The molecule has 0 atom stereocenters. The summed E-state index contributed by atoms with van der Waals surface area (Å²) in [5.41, 5.74) is 15.5. The molecule has 1 radical (unpaired) electrons. The van der Waals surface area contributed by atoms with Gasteiger partial charge < -0.3 is 17.2 Å². The third-order valence-corrected chi connectivity index (χ3v) is 2.88. The van der Waals surface area contributed by atoms with Crippen LogP contribution >= 0.6 is 11.8 Å². The molecule has 1 heterocycles. The fourth-order valence-electron chi connectivity index (χ4n) is 1.35. The van der Waals surface area contributed by atoms with Gasteiger partial charge in [-0.3, -0.25) is 4.99 Å². The lowest BCUT2D eigenvalue weighted by atomic mass is 10.1. The molecule has 18 heavy (non-hydrogen) atoms. The molecule has 0 bridgehead atoms. The van der Waals surface area contributed by atoms with Crippen LogP contribution in [0.1, 0.15) is 45.4 Å². The van der Waals surface area contributed by atoms with Crippen LogP contribution in [0.2, 0.25) is 0 Å². The van der Waals surface area contributed by atoms with Gasteiger partial charge in [0.05, 0.1) is 11.6 Å². The molecule has 0 aliphatic carbocycles. The fraction of sp³-hybridized carbons (Fsp3) is 0.846. The molecule has 0 aromatic heterocycles. The molecule has 6 N–H and O–H groups in total. The van der Waals surface area contributed by atoms with Crippen molar-refractivity contribution in [2.75, 3.05) is 26.9 Å². The summed E-state index contributed by atoms with van der Waals surface area (Å²) in [7, 11) is 4.50. The van der Waals surface area contributed by atoms with Crippen LogP contribution in [-0.2, 0) is 0 Å². The largest absolute Gasteiger partial charge is 0.333 e. The maximum atomic E-state index is 4.50. The Hall–Kier alpha value is -0.100. The third kappa shape index (κ3) is 18.3. The Morgan fingerprint density at radius 2 is 1.56 bits per heavy atom. The summed E-state index contributed by atoms with van der Waals surface area (Å²) in [5.74, 6) is 1.15. The average molecular weight is 278 g/mol. The van der Waals surface area contributed by atoms with Gasteiger partial charge in [0.15, 0.2) is 0 Å². The van der Waals surface area contributed by atoms with Crippen LogP contribution in [0.3, 0.4) is 0 Å². The van der Waals surface area contributed by atoms with Crippen LogP contribution in [0.25, 0.3) is 0 Å². The van der Waals surface area contributed by atoms with E-state index in [2.05, 4.69) is 29.1 Å². The molecule has 0 saturated carbocycles. The number of rotatable bonds is 6. The van der Waals surface area contributed by atoms with Crippen molar-refractivity contribution < 1.29 is 0 Å². The molecular weight excluding hydrogens is 244 g/mol. The summed E-state index contributed by atoms with van der Waals surface area (Å²) in [6.07, 6.45) is 8.09. The zero-order valence-corrected chi connectivity index (χ0v) is 13.4. The Labute approximate surface area is 118 Å². The second-order valence-corrected chi connectivity index (χ2v) is 4.11. The first-order valence-electron chi connectivity index (χ1n) is 6.65. The van der Waals surface area contributed by atoms with Crippen molar-refractivity contribution in [3.8, 4) is 0 Å². The molecule has 5 heteroatoms. The number of unbranched alkanes of at least 4 members (excludes halogenated alkanes) is 4. The number of nitrogens with zero attached hydrogens (tertiary/aromatic N) is 1. The van der Waals surface area contributed by atoms with E-state index in [1.165, 1.54) is 65.7 Å². The summed E-state index contributed by atoms with van der Waals surface area (Å²) in [5, 5.41) is 0. The molecule has 4 nitrogen and oxygen atoms in total. The molecule has 0 fully saturated rings. The highest BCUT2D eigenvalue weighted by Gasteiger charge is 2.10. The zero-order valence-electron chi connectivity index (χ0n) is 12.6. The SMILES string of the molecule is CCCCCCC[C]1CSC=N1.CN.CN.CN. The highest BCUT2D eigenvalue weighted by Crippen LogP contribution is 2.23. The van der Waals surface area contributed by atoms with E-state index in [1.54, 1.807) is 0 Å². The molecule has 111 valence electrons. The smallest absolute Gasteiger partial charge is 0.0966 e. The maximum Gasteiger partial charge on any atom is 0.0966 e. The lowest BCUT2D eigenvalue weighted by molar-refractivity contribution is 0.613. The van der Waals surface area contributed by atoms with Crippen LogP contribution in [0.15, 0.2) is 4.99 Å². The molecule has 1 aliphatic rings. The minimum atomic E-state index is 1.15. The summed E-state index contributed by atoms with van der Waals surface area (Å²) in [4.78, 5) is 4.31. The van der Waals surface area contributed by atoms with E-state index in [0.717, 1.165) is 5.75 Å². The average Bonchev–Trinajstić information content (AvgIpc) is 2.98. The predicted octanol–water partition coefficient (Wildman–Crippen LogP) is 2.38. The Kier molecular flexibility index (Phi) is 32.8. The number of hydrogen-bond donors (Lipinski definition) is 3. The zero-order chi connectivity index (χ0) is 14.6. The Morgan fingerprint density at radius 3 is 2.00 bits per heavy atom. The number of hydrogen-bond acceptors (Lipinski definition) is 5. The monoisotopic (exact) mass is 277 g/mol. The van der Waals surface area contributed by atoms with Gasteiger partial charge in [-0.05, 0) is 27.6 Å².